The predicted octanol–water partition coefficient (Wildman–Crippen LogP) is 3.90. The second kappa shape index (κ2) is 8.54. The maximum atomic E-state index is 5.69. The summed E-state index contributed by atoms with van der Waals surface area (Å²) in [5, 5.41) is 3.39. The third-order valence-corrected chi connectivity index (χ3v) is 2.94. The molecular formula is C17H25NO. The molecule has 1 N–H and O–H groups in total. The fraction of sp³-hybridized carbons (Fsp3) is 0.412. The van der Waals surface area contributed by atoms with Crippen LogP contribution >= 0.6 is 0 Å². The first-order valence-corrected chi connectivity index (χ1v) is 6.93. The van der Waals surface area contributed by atoms with E-state index in [0.29, 0.717) is 12.5 Å². The smallest absolute Gasteiger partial charge is 0.126 e. The Balaban J connectivity index is 2.95. The highest BCUT2D eigenvalue weighted by Gasteiger charge is 2.06. The fourth-order valence-corrected chi connectivity index (χ4v) is 1.77. The van der Waals surface area contributed by atoms with Gasteiger partial charge in [0, 0.05) is 12.1 Å². The lowest BCUT2D eigenvalue weighted by Crippen LogP contribution is -2.18. The molecule has 0 radical (unpaired) electrons. The Morgan fingerprint density at radius 3 is 2.74 bits per heavy atom. The van der Waals surface area contributed by atoms with Gasteiger partial charge in [0.1, 0.15) is 12.4 Å². The van der Waals surface area contributed by atoms with Crippen LogP contribution in [0.25, 0.3) is 6.08 Å². The second-order valence-electron chi connectivity index (χ2n) is 4.79. The molecule has 1 aromatic carbocycles. The summed E-state index contributed by atoms with van der Waals surface area (Å²) in [5.74, 6) is 1.43. The van der Waals surface area contributed by atoms with Gasteiger partial charge in [0.2, 0.25) is 0 Å². The minimum absolute atomic E-state index is 0.520. The summed E-state index contributed by atoms with van der Waals surface area (Å²) in [7, 11) is 0. The number of hydrogen-bond donors (Lipinski definition) is 1. The number of hydrogen-bond acceptors (Lipinski definition) is 2. The van der Waals surface area contributed by atoms with Crippen LogP contribution in [0, 0.1) is 5.92 Å². The van der Waals surface area contributed by atoms with E-state index in [4.69, 9.17) is 4.74 Å². The molecule has 0 spiro atoms. The molecule has 0 amide bonds. The van der Waals surface area contributed by atoms with Gasteiger partial charge in [-0.15, -0.1) is 0 Å². The van der Waals surface area contributed by atoms with Gasteiger partial charge in [-0.3, -0.25) is 0 Å². The summed E-state index contributed by atoms with van der Waals surface area (Å²) in [5.41, 5.74) is 2.52. The summed E-state index contributed by atoms with van der Waals surface area (Å²) in [6, 6.07) is 8.13. The summed E-state index contributed by atoms with van der Waals surface area (Å²) in [6.07, 6.45) is 3.99. The maximum absolute atomic E-state index is 5.69. The molecule has 104 valence electrons. The van der Waals surface area contributed by atoms with Crippen molar-refractivity contribution in [1.82, 2.24) is 5.32 Å². The first-order chi connectivity index (χ1) is 9.19. The molecule has 0 unspecified atom stereocenters. The molecule has 0 aliphatic carbocycles. The Morgan fingerprint density at radius 2 is 2.11 bits per heavy atom. The minimum atomic E-state index is 0.520. The Bertz CT molecular complexity index is 421. The van der Waals surface area contributed by atoms with Gasteiger partial charge >= 0.3 is 0 Å². The molecule has 0 fully saturated rings. The molecule has 1 aromatic rings. The van der Waals surface area contributed by atoms with Crippen LogP contribution < -0.4 is 10.1 Å². The van der Waals surface area contributed by atoms with E-state index in [2.05, 4.69) is 44.8 Å². The second-order valence-corrected chi connectivity index (χ2v) is 4.79. The van der Waals surface area contributed by atoms with Crippen molar-refractivity contribution in [2.75, 3.05) is 19.7 Å². The average Bonchev–Trinajstić information content (AvgIpc) is 2.41. The van der Waals surface area contributed by atoms with E-state index in [0.717, 1.165) is 24.4 Å². The molecule has 0 atom stereocenters. The summed E-state index contributed by atoms with van der Waals surface area (Å²) >= 11 is 0. The van der Waals surface area contributed by atoms with Crippen LogP contribution in [-0.4, -0.2) is 19.7 Å². The van der Waals surface area contributed by atoms with Crippen LogP contribution in [0.5, 0.6) is 5.75 Å². The molecule has 19 heavy (non-hydrogen) atoms. The van der Waals surface area contributed by atoms with Gasteiger partial charge in [0.05, 0.1) is 0 Å². The molecule has 0 aromatic heterocycles. The van der Waals surface area contributed by atoms with Crippen LogP contribution in [-0.2, 0) is 0 Å². The molecule has 0 saturated carbocycles. The highest BCUT2D eigenvalue weighted by molar-refractivity contribution is 5.60. The molecule has 1 rings (SSSR count). The summed E-state index contributed by atoms with van der Waals surface area (Å²) in [4.78, 5) is 0. The van der Waals surface area contributed by atoms with Crippen LogP contribution in [0.2, 0.25) is 0 Å². The van der Waals surface area contributed by atoms with Crippen molar-refractivity contribution in [1.29, 1.82) is 0 Å². The zero-order valence-corrected chi connectivity index (χ0v) is 12.3. The Morgan fingerprint density at radius 1 is 1.37 bits per heavy atom. The molecule has 0 bridgehead atoms. The molecule has 0 heterocycles. The monoisotopic (exact) mass is 259 g/mol. The first kappa shape index (κ1) is 15.5. The van der Waals surface area contributed by atoms with Gasteiger partial charge in [0.15, 0.2) is 0 Å². The molecule has 0 aliphatic heterocycles. The normalized spacial score (nSPS) is 11.7. The van der Waals surface area contributed by atoms with Crippen molar-refractivity contribution in [3.05, 3.63) is 48.1 Å². The van der Waals surface area contributed by atoms with Crippen LogP contribution in [0.3, 0.4) is 0 Å². The molecule has 2 nitrogen and oxygen atoms in total. The molecular weight excluding hydrogens is 234 g/mol. The lowest BCUT2D eigenvalue weighted by atomic mass is 10.00. The number of rotatable bonds is 8. The van der Waals surface area contributed by atoms with Crippen molar-refractivity contribution in [2.45, 2.75) is 20.8 Å². The van der Waals surface area contributed by atoms with Crippen molar-refractivity contribution in [3.63, 3.8) is 0 Å². The van der Waals surface area contributed by atoms with E-state index < -0.39 is 0 Å². The molecule has 2 heteroatoms. The Labute approximate surface area is 117 Å². The van der Waals surface area contributed by atoms with Crippen LogP contribution in [0.1, 0.15) is 26.3 Å². The number of ether oxygens (including phenoxy) is 1. The lowest BCUT2D eigenvalue weighted by molar-refractivity contribution is 0.362. The summed E-state index contributed by atoms with van der Waals surface area (Å²) in [6.45, 7) is 12.7. The van der Waals surface area contributed by atoms with Crippen molar-refractivity contribution in [3.8, 4) is 5.75 Å². The quantitative estimate of drug-likeness (QED) is 0.715. The van der Waals surface area contributed by atoms with Gasteiger partial charge in [-0.1, -0.05) is 63.3 Å². The highest BCUT2D eigenvalue weighted by Crippen LogP contribution is 2.23. The standard InChI is InChI=1S/C17H25NO/c1-5-11-19-17-10-8-7-9-15(17)12-16(14(3)4)13-18-6-2/h5,7-10,12,14,18H,1,6,11,13H2,2-4H3. The predicted molar refractivity (Wildman–Crippen MR) is 83.5 cm³/mol. The number of nitrogens with one attached hydrogen (secondary N) is 1. The fourth-order valence-electron chi connectivity index (χ4n) is 1.77. The average molecular weight is 259 g/mol. The zero-order valence-electron chi connectivity index (χ0n) is 12.3. The maximum Gasteiger partial charge on any atom is 0.126 e. The van der Waals surface area contributed by atoms with Gasteiger partial charge in [0.25, 0.3) is 0 Å². The highest BCUT2D eigenvalue weighted by atomic mass is 16.5. The third-order valence-electron chi connectivity index (χ3n) is 2.94. The molecule has 0 aliphatic rings. The Kier molecular flexibility index (Phi) is 6.98. The Hall–Kier alpha value is -1.54. The zero-order chi connectivity index (χ0) is 14.1. The van der Waals surface area contributed by atoms with Gasteiger partial charge < -0.3 is 10.1 Å². The van der Waals surface area contributed by atoms with Gasteiger partial charge in [-0.2, -0.15) is 0 Å². The molecule has 0 saturated heterocycles. The van der Waals surface area contributed by atoms with Gasteiger partial charge in [-0.05, 0) is 18.5 Å². The van der Waals surface area contributed by atoms with Crippen molar-refractivity contribution >= 4 is 6.08 Å². The largest absolute Gasteiger partial charge is 0.489 e. The lowest BCUT2D eigenvalue weighted by Gasteiger charge is -2.14. The van der Waals surface area contributed by atoms with Crippen LogP contribution in [0.4, 0.5) is 0 Å². The number of para-hydroxylation sites is 1. The van der Waals surface area contributed by atoms with E-state index >= 15 is 0 Å². The van der Waals surface area contributed by atoms with E-state index in [1.165, 1.54) is 5.57 Å². The van der Waals surface area contributed by atoms with Crippen molar-refractivity contribution in [2.24, 2.45) is 5.92 Å². The van der Waals surface area contributed by atoms with E-state index in [1.54, 1.807) is 6.08 Å². The summed E-state index contributed by atoms with van der Waals surface area (Å²) < 4.78 is 5.69. The van der Waals surface area contributed by atoms with E-state index in [-0.39, 0.29) is 0 Å². The minimum Gasteiger partial charge on any atom is -0.489 e. The van der Waals surface area contributed by atoms with Crippen LogP contribution in [0.15, 0.2) is 42.5 Å². The number of likely N-dealkylation sites (N-methyl/N-ethyl adjacent to an activating group) is 1. The first-order valence-electron chi connectivity index (χ1n) is 6.93. The third kappa shape index (κ3) is 5.31. The topological polar surface area (TPSA) is 21.3 Å². The van der Waals surface area contributed by atoms with E-state index in [9.17, 15) is 0 Å². The SMILES string of the molecule is C=CCOc1ccccc1C=C(CNCC)C(C)C. The van der Waals surface area contributed by atoms with E-state index in [1.807, 2.05) is 18.2 Å². The van der Waals surface area contributed by atoms with Crippen molar-refractivity contribution < 1.29 is 4.74 Å². The number of benzene rings is 1. The van der Waals surface area contributed by atoms with Gasteiger partial charge in [-0.25, -0.2) is 0 Å².